The van der Waals surface area contributed by atoms with Crippen molar-refractivity contribution >= 4 is 5.91 Å². The van der Waals surface area contributed by atoms with Crippen LogP contribution in [0.4, 0.5) is 0 Å². The third kappa shape index (κ3) is 2.91. The number of nitrogens with two attached hydrogens (primary N) is 1. The van der Waals surface area contributed by atoms with E-state index < -0.39 is 0 Å². The van der Waals surface area contributed by atoms with Gasteiger partial charge in [0.25, 0.3) is 0 Å². The van der Waals surface area contributed by atoms with Crippen LogP contribution >= 0.6 is 0 Å². The molecule has 0 bridgehead atoms. The first-order valence-corrected chi connectivity index (χ1v) is 6.71. The van der Waals surface area contributed by atoms with Crippen LogP contribution in [0.2, 0.25) is 0 Å². The molecule has 1 aromatic rings. The topological polar surface area (TPSA) is 55.1 Å². The number of carbonyl (C=O) groups is 1. The summed E-state index contributed by atoms with van der Waals surface area (Å²) in [4.78, 5) is 11.6. The largest absolute Gasteiger partial charge is 0.355 e. The summed E-state index contributed by atoms with van der Waals surface area (Å²) in [6.07, 6.45) is 3.66. The van der Waals surface area contributed by atoms with Crippen LogP contribution in [0.25, 0.3) is 0 Å². The van der Waals surface area contributed by atoms with Gasteiger partial charge in [-0.3, -0.25) is 4.79 Å². The highest BCUT2D eigenvalue weighted by molar-refractivity contribution is 5.76. The average molecular weight is 246 g/mol. The maximum Gasteiger partial charge on any atom is 0.220 e. The van der Waals surface area contributed by atoms with E-state index in [1.54, 1.807) is 0 Å². The van der Waals surface area contributed by atoms with Crippen LogP contribution in [0, 0.1) is 6.92 Å². The fraction of sp³-hybridized carbons (Fsp3) is 0.533. The zero-order valence-electron chi connectivity index (χ0n) is 11.0. The first kappa shape index (κ1) is 13.1. The van der Waals surface area contributed by atoms with Gasteiger partial charge in [0.1, 0.15) is 0 Å². The molecule has 2 rings (SSSR count). The van der Waals surface area contributed by atoms with Gasteiger partial charge in [-0.25, -0.2) is 0 Å². The van der Waals surface area contributed by atoms with Crippen molar-refractivity contribution in [1.82, 2.24) is 5.32 Å². The van der Waals surface area contributed by atoms with Crippen LogP contribution in [-0.2, 0) is 10.2 Å². The third-order valence-corrected chi connectivity index (χ3v) is 3.80. The van der Waals surface area contributed by atoms with E-state index >= 15 is 0 Å². The molecular weight excluding hydrogens is 224 g/mol. The monoisotopic (exact) mass is 246 g/mol. The minimum Gasteiger partial charge on any atom is -0.355 e. The second-order valence-electron chi connectivity index (χ2n) is 5.26. The van der Waals surface area contributed by atoms with Crippen LogP contribution in [0.3, 0.4) is 0 Å². The molecule has 1 amide bonds. The normalized spacial score (nSPS) is 16.3. The lowest BCUT2D eigenvalue weighted by molar-refractivity contribution is -0.121. The van der Waals surface area contributed by atoms with Crippen molar-refractivity contribution in [1.29, 1.82) is 0 Å². The lowest BCUT2D eigenvalue weighted by atomic mass is 9.92. The van der Waals surface area contributed by atoms with Crippen molar-refractivity contribution in [3.05, 3.63) is 35.4 Å². The number of carbonyl (C=O) groups excluding carboxylic acids is 1. The molecule has 0 aromatic heterocycles. The summed E-state index contributed by atoms with van der Waals surface area (Å²) in [5.74, 6) is 0.125. The standard InChI is InChI=1S/C15H22N2O/c1-12-5-2-3-6-13(12)15(8-9-15)11-17-14(18)7-4-10-16/h2-3,5-6H,4,7-11,16H2,1H3,(H,17,18). The van der Waals surface area contributed by atoms with Crippen molar-refractivity contribution in [2.24, 2.45) is 5.73 Å². The van der Waals surface area contributed by atoms with Gasteiger partial charge in [-0.05, 0) is 43.9 Å². The number of aryl methyl sites for hydroxylation is 1. The Kier molecular flexibility index (Phi) is 4.02. The predicted octanol–water partition coefficient (Wildman–Crippen LogP) is 1.88. The number of benzene rings is 1. The lowest BCUT2D eigenvalue weighted by Crippen LogP contribution is -2.32. The van der Waals surface area contributed by atoms with E-state index in [4.69, 9.17) is 5.73 Å². The molecule has 0 saturated heterocycles. The van der Waals surface area contributed by atoms with Gasteiger partial charge in [0, 0.05) is 18.4 Å². The van der Waals surface area contributed by atoms with Gasteiger partial charge < -0.3 is 11.1 Å². The molecule has 0 heterocycles. The number of nitrogens with one attached hydrogen (secondary N) is 1. The maximum absolute atomic E-state index is 11.6. The Hall–Kier alpha value is -1.35. The van der Waals surface area contributed by atoms with Crippen LogP contribution in [-0.4, -0.2) is 19.0 Å². The lowest BCUT2D eigenvalue weighted by Gasteiger charge is -2.18. The first-order chi connectivity index (χ1) is 8.68. The van der Waals surface area contributed by atoms with Crippen LogP contribution in [0.1, 0.15) is 36.8 Å². The molecule has 3 nitrogen and oxygen atoms in total. The minimum absolute atomic E-state index is 0.125. The molecule has 18 heavy (non-hydrogen) atoms. The Bertz CT molecular complexity index is 424. The average Bonchev–Trinajstić information content (AvgIpc) is 3.15. The number of hydrogen-bond acceptors (Lipinski definition) is 2. The molecule has 1 saturated carbocycles. The van der Waals surface area contributed by atoms with Gasteiger partial charge >= 0.3 is 0 Å². The summed E-state index contributed by atoms with van der Waals surface area (Å²) in [5, 5.41) is 3.05. The molecule has 0 radical (unpaired) electrons. The van der Waals surface area contributed by atoms with Crippen LogP contribution in [0.5, 0.6) is 0 Å². The summed E-state index contributed by atoms with van der Waals surface area (Å²) < 4.78 is 0. The van der Waals surface area contributed by atoms with Crippen molar-refractivity contribution in [2.45, 2.75) is 38.0 Å². The van der Waals surface area contributed by atoms with Gasteiger partial charge in [0.05, 0.1) is 0 Å². The molecule has 1 aliphatic carbocycles. The number of amides is 1. The van der Waals surface area contributed by atoms with Gasteiger partial charge in [-0.1, -0.05) is 24.3 Å². The van der Waals surface area contributed by atoms with E-state index in [1.165, 1.54) is 24.0 Å². The Balaban J connectivity index is 1.93. The second-order valence-corrected chi connectivity index (χ2v) is 5.26. The highest BCUT2D eigenvalue weighted by Gasteiger charge is 2.44. The summed E-state index contributed by atoms with van der Waals surface area (Å²) >= 11 is 0. The van der Waals surface area contributed by atoms with Gasteiger partial charge in [0.15, 0.2) is 0 Å². The van der Waals surface area contributed by atoms with E-state index in [9.17, 15) is 4.79 Å². The van der Waals surface area contributed by atoms with Crippen molar-refractivity contribution in [3.8, 4) is 0 Å². The quantitative estimate of drug-likeness (QED) is 0.805. The molecule has 3 N–H and O–H groups in total. The predicted molar refractivity (Wildman–Crippen MR) is 73.4 cm³/mol. The van der Waals surface area contributed by atoms with Crippen LogP contribution < -0.4 is 11.1 Å². The molecule has 0 unspecified atom stereocenters. The molecule has 98 valence electrons. The smallest absolute Gasteiger partial charge is 0.220 e. The number of rotatable bonds is 6. The molecule has 3 heteroatoms. The van der Waals surface area contributed by atoms with E-state index in [1.807, 2.05) is 0 Å². The zero-order chi connectivity index (χ0) is 13.0. The van der Waals surface area contributed by atoms with Crippen LogP contribution in [0.15, 0.2) is 24.3 Å². The Morgan fingerprint density at radius 2 is 2.11 bits per heavy atom. The van der Waals surface area contributed by atoms with Gasteiger partial charge in [0.2, 0.25) is 5.91 Å². The molecule has 0 spiro atoms. The van der Waals surface area contributed by atoms with Crippen molar-refractivity contribution < 1.29 is 4.79 Å². The molecule has 1 aromatic carbocycles. The van der Waals surface area contributed by atoms with Crippen molar-refractivity contribution in [3.63, 3.8) is 0 Å². The highest BCUT2D eigenvalue weighted by Crippen LogP contribution is 2.48. The maximum atomic E-state index is 11.6. The third-order valence-electron chi connectivity index (χ3n) is 3.80. The summed E-state index contributed by atoms with van der Waals surface area (Å²) in [5.41, 5.74) is 8.32. The van der Waals surface area contributed by atoms with E-state index in [-0.39, 0.29) is 11.3 Å². The SMILES string of the molecule is Cc1ccccc1C1(CNC(=O)CCCN)CC1. The fourth-order valence-corrected chi connectivity index (χ4v) is 2.48. The molecule has 1 fully saturated rings. The molecule has 1 aliphatic rings. The van der Waals surface area contributed by atoms with Gasteiger partial charge in [-0.15, -0.1) is 0 Å². The molecular formula is C15H22N2O. The van der Waals surface area contributed by atoms with E-state index in [0.29, 0.717) is 13.0 Å². The second kappa shape index (κ2) is 5.53. The van der Waals surface area contributed by atoms with Crippen molar-refractivity contribution in [2.75, 3.05) is 13.1 Å². The van der Waals surface area contributed by atoms with Gasteiger partial charge in [-0.2, -0.15) is 0 Å². The summed E-state index contributed by atoms with van der Waals surface area (Å²) in [6.45, 7) is 3.49. The van der Waals surface area contributed by atoms with E-state index in [0.717, 1.165) is 13.0 Å². The Morgan fingerprint density at radius 1 is 1.39 bits per heavy atom. The highest BCUT2D eigenvalue weighted by atomic mass is 16.1. The number of hydrogen-bond donors (Lipinski definition) is 2. The fourth-order valence-electron chi connectivity index (χ4n) is 2.48. The zero-order valence-corrected chi connectivity index (χ0v) is 11.0. The van der Waals surface area contributed by atoms with E-state index in [2.05, 4.69) is 36.5 Å². The Morgan fingerprint density at radius 3 is 2.72 bits per heavy atom. The summed E-state index contributed by atoms with van der Waals surface area (Å²) in [6, 6.07) is 8.48. The molecule has 0 atom stereocenters. The molecule has 0 aliphatic heterocycles. The summed E-state index contributed by atoms with van der Waals surface area (Å²) in [7, 11) is 0. The minimum atomic E-state index is 0.125. The Labute approximate surface area is 109 Å². The first-order valence-electron chi connectivity index (χ1n) is 6.71.